The summed E-state index contributed by atoms with van der Waals surface area (Å²) in [7, 11) is 0. The molecule has 1 aliphatic rings. The Morgan fingerprint density at radius 1 is 1.18 bits per heavy atom. The van der Waals surface area contributed by atoms with Crippen molar-refractivity contribution >= 4 is 27.7 Å². The number of nitrogens with one attached hydrogen (secondary N) is 2. The molecule has 1 atom stereocenters. The first-order valence-corrected chi connectivity index (χ1v) is 9.57. The number of aromatic nitrogens is 2. The second kappa shape index (κ2) is 7.22. The molecule has 1 saturated heterocycles. The topological polar surface area (TPSA) is 72.2 Å². The molecule has 1 aliphatic heterocycles. The van der Waals surface area contributed by atoms with E-state index in [4.69, 9.17) is 9.15 Å². The molecule has 0 amide bonds. The molecular formula is C22H22N4O2. The van der Waals surface area contributed by atoms with Crippen molar-refractivity contribution in [1.82, 2.24) is 15.3 Å². The zero-order chi connectivity index (χ0) is 18.9. The fraction of sp³-hybridized carbons (Fsp3) is 0.273. The van der Waals surface area contributed by atoms with Crippen LogP contribution < -0.4 is 10.6 Å². The summed E-state index contributed by atoms with van der Waals surface area (Å²) < 4.78 is 11.5. The molecule has 2 N–H and O–H groups in total. The Morgan fingerprint density at radius 3 is 3.00 bits per heavy atom. The van der Waals surface area contributed by atoms with Gasteiger partial charge < -0.3 is 19.8 Å². The van der Waals surface area contributed by atoms with Gasteiger partial charge in [0.1, 0.15) is 5.58 Å². The van der Waals surface area contributed by atoms with E-state index in [-0.39, 0.29) is 6.10 Å². The molecule has 4 aromatic rings. The summed E-state index contributed by atoms with van der Waals surface area (Å²) in [6, 6.07) is 10.5. The van der Waals surface area contributed by atoms with Crippen LogP contribution in [0.25, 0.3) is 33.1 Å². The smallest absolute Gasteiger partial charge is 0.134 e. The lowest BCUT2D eigenvalue weighted by molar-refractivity contribution is 0.0372. The molecule has 142 valence electrons. The van der Waals surface area contributed by atoms with Crippen molar-refractivity contribution in [3.8, 4) is 11.1 Å². The van der Waals surface area contributed by atoms with E-state index >= 15 is 0 Å². The van der Waals surface area contributed by atoms with Gasteiger partial charge in [-0.2, -0.15) is 0 Å². The van der Waals surface area contributed by atoms with Gasteiger partial charge in [-0.1, -0.05) is 12.1 Å². The van der Waals surface area contributed by atoms with Crippen molar-refractivity contribution in [3.05, 3.63) is 54.6 Å². The molecule has 3 heterocycles. The predicted molar refractivity (Wildman–Crippen MR) is 111 cm³/mol. The average molecular weight is 374 g/mol. The van der Waals surface area contributed by atoms with Gasteiger partial charge in [0.25, 0.3) is 0 Å². The number of furan rings is 1. The molecule has 0 saturated carbocycles. The number of nitrogens with zero attached hydrogens (tertiary/aromatic N) is 2. The predicted octanol–water partition coefficient (Wildman–Crippen LogP) is 3.75. The quantitative estimate of drug-likeness (QED) is 0.567. The minimum Gasteiger partial charge on any atom is -0.464 e. The maximum atomic E-state index is 5.79. The first-order chi connectivity index (χ1) is 13.8. The van der Waals surface area contributed by atoms with Crippen LogP contribution in [0.1, 0.15) is 5.56 Å². The number of aryl methyl sites for hydroxylation is 1. The van der Waals surface area contributed by atoms with Gasteiger partial charge in [0.2, 0.25) is 0 Å². The normalized spacial score (nSPS) is 17.2. The first kappa shape index (κ1) is 17.2. The maximum Gasteiger partial charge on any atom is 0.134 e. The minimum absolute atomic E-state index is 0.164. The highest BCUT2D eigenvalue weighted by Crippen LogP contribution is 2.33. The van der Waals surface area contributed by atoms with Crippen LogP contribution in [-0.2, 0) is 4.74 Å². The van der Waals surface area contributed by atoms with E-state index in [2.05, 4.69) is 51.8 Å². The molecule has 6 heteroatoms. The largest absolute Gasteiger partial charge is 0.464 e. The monoisotopic (exact) mass is 374 g/mol. The van der Waals surface area contributed by atoms with Crippen molar-refractivity contribution in [2.24, 2.45) is 0 Å². The highest BCUT2D eigenvalue weighted by Gasteiger charge is 2.15. The number of fused-ring (bicyclic) bond motifs is 2. The van der Waals surface area contributed by atoms with Gasteiger partial charge in [-0.05, 0) is 36.2 Å². The van der Waals surface area contributed by atoms with Crippen LogP contribution in [0, 0.1) is 6.92 Å². The van der Waals surface area contributed by atoms with E-state index < -0.39 is 0 Å². The molecule has 0 radical (unpaired) electrons. The van der Waals surface area contributed by atoms with Crippen LogP contribution in [-0.4, -0.2) is 42.3 Å². The van der Waals surface area contributed by atoms with E-state index in [0.717, 1.165) is 70.6 Å². The van der Waals surface area contributed by atoms with E-state index in [1.807, 2.05) is 6.07 Å². The molecule has 1 unspecified atom stereocenters. The van der Waals surface area contributed by atoms with E-state index in [0.29, 0.717) is 0 Å². The standard InChI is InChI=1S/C22H22N4O2/c1-14-13-28-21-8-15(2-3-18(14)21)19-9-16(10-20-22(19)25-5-4-24-20)26-12-17-11-23-6-7-27-17/h2-5,8-10,13,17,23,26H,6-7,11-12H2,1H3. The van der Waals surface area contributed by atoms with Crippen LogP contribution >= 0.6 is 0 Å². The SMILES string of the molecule is Cc1coc2cc(-c3cc(NCC4CNCCO4)cc4nccnc34)ccc12. The van der Waals surface area contributed by atoms with Gasteiger partial charge >= 0.3 is 0 Å². The minimum atomic E-state index is 0.164. The maximum absolute atomic E-state index is 5.79. The van der Waals surface area contributed by atoms with Crippen LogP contribution in [0.5, 0.6) is 0 Å². The van der Waals surface area contributed by atoms with Crippen molar-refractivity contribution in [2.45, 2.75) is 13.0 Å². The lowest BCUT2D eigenvalue weighted by Crippen LogP contribution is -2.42. The number of benzene rings is 2. The molecule has 28 heavy (non-hydrogen) atoms. The Bertz CT molecular complexity index is 1130. The molecule has 0 spiro atoms. The van der Waals surface area contributed by atoms with Gasteiger partial charge in [-0.3, -0.25) is 9.97 Å². The molecule has 2 aromatic carbocycles. The van der Waals surface area contributed by atoms with E-state index in [1.54, 1.807) is 18.7 Å². The first-order valence-electron chi connectivity index (χ1n) is 9.57. The Hall–Kier alpha value is -2.96. The molecule has 5 rings (SSSR count). The number of hydrogen-bond donors (Lipinski definition) is 2. The summed E-state index contributed by atoms with van der Waals surface area (Å²) in [5, 5.41) is 8.00. The zero-order valence-corrected chi connectivity index (χ0v) is 15.7. The van der Waals surface area contributed by atoms with Gasteiger partial charge in [0, 0.05) is 48.7 Å². The Balaban J connectivity index is 1.54. The van der Waals surface area contributed by atoms with Gasteiger partial charge in [-0.25, -0.2) is 0 Å². The van der Waals surface area contributed by atoms with E-state index in [9.17, 15) is 0 Å². The second-order valence-electron chi connectivity index (χ2n) is 7.16. The van der Waals surface area contributed by atoms with Gasteiger partial charge in [0.05, 0.1) is 30.0 Å². The van der Waals surface area contributed by atoms with Crippen molar-refractivity contribution in [3.63, 3.8) is 0 Å². The summed E-state index contributed by atoms with van der Waals surface area (Å²) in [5.74, 6) is 0. The molecule has 1 fully saturated rings. The third-order valence-corrected chi connectivity index (χ3v) is 5.19. The number of anilines is 1. The molecule has 6 nitrogen and oxygen atoms in total. The Labute approximate surface area is 162 Å². The van der Waals surface area contributed by atoms with Crippen LogP contribution in [0.4, 0.5) is 5.69 Å². The summed E-state index contributed by atoms with van der Waals surface area (Å²) in [4.78, 5) is 9.10. The summed E-state index contributed by atoms with van der Waals surface area (Å²) in [5.41, 5.74) is 6.87. The lowest BCUT2D eigenvalue weighted by Gasteiger charge is -2.24. The third kappa shape index (κ3) is 3.21. The highest BCUT2D eigenvalue weighted by atomic mass is 16.5. The lowest BCUT2D eigenvalue weighted by atomic mass is 10.0. The van der Waals surface area contributed by atoms with Gasteiger partial charge in [0.15, 0.2) is 0 Å². The summed E-state index contributed by atoms with van der Waals surface area (Å²) >= 11 is 0. The Morgan fingerprint density at radius 2 is 2.11 bits per heavy atom. The van der Waals surface area contributed by atoms with Gasteiger partial charge in [-0.15, -0.1) is 0 Å². The van der Waals surface area contributed by atoms with E-state index in [1.165, 1.54) is 0 Å². The summed E-state index contributed by atoms with van der Waals surface area (Å²) in [6.45, 7) is 5.33. The number of hydrogen-bond acceptors (Lipinski definition) is 6. The molecule has 2 aromatic heterocycles. The van der Waals surface area contributed by atoms with Crippen LogP contribution in [0.2, 0.25) is 0 Å². The van der Waals surface area contributed by atoms with Crippen LogP contribution in [0.3, 0.4) is 0 Å². The number of ether oxygens (including phenoxy) is 1. The number of morpholine rings is 1. The van der Waals surface area contributed by atoms with Crippen molar-refractivity contribution < 1.29 is 9.15 Å². The summed E-state index contributed by atoms with van der Waals surface area (Å²) in [6.07, 6.45) is 5.42. The van der Waals surface area contributed by atoms with Crippen LogP contribution in [0.15, 0.2) is 53.4 Å². The molecule has 0 bridgehead atoms. The van der Waals surface area contributed by atoms with Crippen molar-refractivity contribution in [2.75, 3.05) is 31.6 Å². The van der Waals surface area contributed by atoms with Crippen molar-refractivity contribution in [1.29, 1.82) is 0 Å². The third-order valence-electron chi connectivity index (χ3n) is 5.19. The molecule has 0 aliphatic carbocycles. The number of rotatable bonds is 4. The Kier molecular flexibility index (Phi) is 4.43. The zero-order valence-electron chi connectivity index (χ0n) is 15.7. The molecular weight excluding hydrogens is 352 g/mol. The fourth-order valence-corrected chi connectivity index (χ4v) is 3.71. The second-order valence-corrected chi connectivity index (χ2v) is 7.16. The highest BCUT2D eigenvalue weighted by molar-refractivity contribution is 5.97. The fourth-order valence-electron chi connectivity index (χ4n) is 3.71. The average Bonchev–Trinajstić information content (AvgIpc) is 3.12.